The van der Waals surface area contributed by atoms with Crippen LogP contribution < -0.4 is 10.1 Å². The van der Waals surface area contributed by atoms with E-state index in [0.717, 1.165) is 5.56 Å². The molecule has 0 aliphatic heterocycles. The largest absolute Gasteiger partial charge is 0.471 e. The fraction of sp³-hybridized carbons (Fsp3) is 0.0588. The molecule has 0 spiro atoms. The first-order valence-corrected chi connectivity index (χ1v) is 6.91. The quantitative estimate of drug-likeness (QED) is 0.781. The smallest absolute Gasteiger partial charge is 0.294 e. The highest BCUT2D eigenvalue weighted by Gasteiger charge is 2.14. The van der Waals surface area contributed by atoms with Crippen LogP contribution in [0.2, 0.25) is 0 Å². The van der Waals surface area contributed by atoms with Crippen molar-refractivity contribution < 1.29 is 18.4 Å². The summed E-state index contributed by atoms with van der Waals surface area (Å²) >= 11 is 0. The van der Waals surface area contributed by atoms with Crippen molar-refractivity contribution >= 4 is 11.6 Å². The van der Waals surface area contributed by atoms with Crippen LogP contribution in [0.1, 0.15) is 16.1 Å². The minimum absolute atomic E-state index is 0.0115. The molecule has 0 fully saturated rings. The summed E-state index contributed by atoms with van der Waals surface area (Å²) in [5.74, 6) is -0.631. The number of nitrogens with one attached hydrogen (secondary N) is 1. The average Bonchev–Trinajstić information content (AvgIpc) is 3.05. The highest BCUT2D eigenvalue weighted by Crippen LogP contribution is 2.16. The second-order valence-electron chi connectivity index (χ2n) is 4.76. The maximum Gasteiger partial charge on any atom is 0.294 e. The Labute approximate surface area is 131 Å². The maximum atomic E-state index is 12.8. The summed E-state index contributed by atoms with van der Waals surface area (Å²) in [5, 5.41) is 6.27. The molecule has 0 saturated heterocycles. The molecule has 6 heteroatoms. The summed E-state index contributed by atoms with van der Waals surface area (Å²) in [7, 11) is 0. The molecule has 0 aliphatic carbocycles. The Morgan fingerprint density at radius 3 is 2.61 bits per heavy atom. The lowest BCUT2D eigenvalue weighted by Crippen LogP contribution is -2.10. The molecule has 0 radical (unpaired) electrons. The van der Waals surface area contributed by atoms with Crippen molar-refractivity contribution in [3.63, 3.8) is 0 Å². The SMILES string of the molecule is O=C(Nc1ccc(F)cc1)c1cc(OCc2ccccc2)no1. The van der Waals surface area contributed by atoms with Gasteiger partial charge in [0.15, 0.2) is 0 Å². The van der Waals surface area contributed by atoms with E-state index in [4.69, 9.17) is 9.26 Å². The molecule has 1 heterocycles. The van der Waals surface area contributed by atoms with Crippen molar-refractivity contribution in [3.8, 4) is 5.88 Å². The van der Waals surface area contributed by atoms with Crippen molar-refractivity contribution in [1.29, 1.82) is 0 Å². The molecule has 0 unspecified atom stereocenters. The average molecular weight is 312 g/mol. The van der Waals surface area contributed by atoms with Gasteiger partial charge in [0, 0.05) is 5.69 Å². The Kier molecular flexibility index (Phi) is 4.33. The number of hydrogen-bond acceptors (Lipinski definition) is 4. The Bertz CT molecular complexity index is 785. The van der Waals surface area contributed by atoms with Crippen molar-refractivity contribution in [2.24, 2.45) is 0 Å². The Morgan fingerprint density at radius 2 is 1.87 bits per heavy atom. The maximum absolute atomic E-state index is 12.8. The molecule has 3 rings (SSSR count). The zero-order valence-corrected chi connectivity index (χ0v) is 12.0. The van der Waals surface area contributed by atoms with Crippen LogP contribution in [0.25, 0.3) is 0 Å². The lowest BCUT2D eigenvalue weighted by atomic mass is 10.2. The second kappa shape index (κ2) is 6.74. The van der Waals surface area contributed by atoms with E-state index in [-0.39, 0.29) is 17.5 Å². The minimum atomic E-state index is -0.487. The van der Waals surface area contributed by atoms with E-state index < -0.39 is 5.91 Å². The number of ether oxygens (including phenoxy) is 1. The first-order valence-electron chi connectivity index (χ1n) is 6.91. The first-order chi connectivity index (χ1) is 11.2. The summed E-state index contributed by atoms with van der Waals surface area (Å²) in [6, 6.07) is 16.4. The van der Waals surface area contributed by atoms with Gasteiger partial charge in [-0.3, -0.25) is 4.79 Å². The Morgan fingerprint density at radius 1 is 1.13 bits per heavy atom. The van der Waals surface area contributed by atoms with Crippen LogP contribution in [0, 0.1) is 5.82 Å². The van der Waals surface area contributed by atoms with Gasteiger partial charge < -0.3 is 14.6 Å². The highest BCUT2D eigenvalue weighted by molar-refractivity contribution is 6.02. The van der Waals surface area contributed by atoms with Crippen LogP contribution in [0.3, 0.4) is 0 Å². The number of carbonyl (C=O) groups excluding carboxylic acids is 1. The summed E-state index contributed by atoms with van der Waals surface area (Å²) in [4.78, 5) is 12.0. The Balaban J connectivity index is 1.59. The van der Waals surface area contributed by atoms with Gasteiger partial charge in [-0.2, -0.15) is 0 Å². The molecule has 3 aromatic rings. The van der Waals surface area contributed by atoms with Gasteiger partial charge in [-0.25, -0.2) is 4.39 Å². The summed E-state index contributed by atoms with van der Waals surface area (Å²) in [6.07, 6.45) is 0. The van der Waals surface area contributed by atoms with Crippen molar-refractivity contribution in [1.82, 2.24) is 5.16 Å². The first kappa shape index (κ1) is 14.8. The number of halogens is 1. The molecule has 116 valence electrons. The number of benzene rings is 2. The number of carbonyl (C=O) groups is 1. The van der Waals surface area contributed by atoms with Gasteiger partial charge in [-0.15, -0.1) is 0 Å². The molecule has 1 amide bonds. The highest BCUT2D eigenvalue weighted by atomic mass is 19.1. The van der Waals surface area contributed by atoms with Crippen LogP contribution >= 0.6 is 0 Å². The molecule has 0 bridgehead atoms. The predicted octanol–water partition coefficient (Wildman–Crippen LogP) is 3.65. The summed E-state index contributed by atoms with van der Waals surface area (Å²) in [5.41, 5.74) is 1.44. The fourth-order valence-electron chi connectivity index (χ4n) is 1.89. The molecule has 23 heavy (non-hydrogen) atoms. The monoisotopic (exact) mass is 312 g/mol. The topological polar surface area (TPSA) is 64.4 Å². The van der Waals surface area contributed by atoms with E-state index in [1.807, 2.05) is 30.3 Å². The number of aromatic nitrogens is 1. The third-order valence-electron chi connectivity index (χ3n) is 3.04. The molecular formula is C17H13FN2O3. The number of rotatable bonds is 5. The molecule has 1 aromatic heterocycles. The van der Waals surface area contributed by atoms with Crippen molar-refractivity contribution in [2.45, 2.75) is 6.61 Å². The number of nitrogens with zero attached hydrogens (tertiary/aromatic N) is 1. The van der Waals surface area contributed by atoms with E-state index in [1.165, 1.54) is 30.3 Å². The summed E-state index contributed by atoms with van der Waals surface area (Å²) in [6.45, 7) is 0.326. The van der Waals surface area contributed by atoms with Crippen molar-refractivity contribution in [2.75, 3.05) is 5.32 Å². The molecule has 0 saturated carbocycles. The van der Waals surface area contributed by atoms with Gasteiger partial charge in [0.25, 0.3) is 11.8 Å². The zero-order chi connectivity index (χ0) is 16.1. The van der Waals surface area contributed by atoms with E-state index in [0.29, 0.717) is 12.3 Å². The minimum Gasteiger partial charge on any atom is -0.471 e. The summed E-state index contributed by atoms with van der Waals surface area (Å²) < 4.78 is 23.2. The lowest BCUT2D eigenvalue weighted by molar-refractivity contribution is 0.0987. The van der Waals surface area contributed by atoms with Crippen LogP contribution in [-0.4, -0.2) is 11.1 Å². The van der Waals surface area contributed by atoms with Crippen LogP contribution in [0.5, 0.6) is 5.88 Å². The zero-order valence-electron chi connectivity index (χ0n) is 12.0. The van der Waals surface area contributed by atoms with Crippen molar-refractivity contribution in [3.05, 3.63) is 77.8 Å². The van der Waals surface area contributed by atoms with Gasteiger partial charge >= 0.3 is 0 Å². The van der Waals surface area contributed by atoms with Gasteiger partial charge in [0.1, 0.15) is 12.4 Å². The van der Waals surface area contributed by atoms with Gasteiger partial charge in [0.05, 0.1) is 6.07 Å². The Hall–Kier alpha value is -3.15. The van der Waals surface area contributed by atoms with Gasteiger partial charge in [-0.1, -0.05) is 30.3 Å². The third-order valence-corrected chi connectivity index (χ3v) is 3.04. The number of anilines is 1. The fourth-order valence-corrected chi connectivity index (χ4v) is 1.89. The number of amides is 1. The predicted molar refractivity (Wildman–Crippen MR) is 81.6 cm³/mol. The molecule has 0 atom stereocenters. The van der Waals surface area contributed by atoms with Gasteiger partial charge in [-0.05, 0) is 35.0 Å². The molecular weight excluding hydrogens is 299 g/mol. The molecule has 5 nitrogen and oxygen atoms in total. The molecule has 2 aromatic carbocycles. The van der Waals surface area contributed by atoms with E-state index >= 15 is 0 Å². The van der Waals surface area contributed by atoms with Gasteiger partial charge in [0.2, 0.25) is 5.76 Å². The third kappa shape index (κ3) is 3.94. The van der Waals surface area contributed by atoms with E-state index in [2.05, 4.69) is 10.5 Å². The normalized spacial score (nSPS) is 10.3. The van der Waals surface area contributed by atoms with Crippen LogP contribution in [0.4, 0.5) is 10.1 Å². The second-order valence-corrected chi connectivity index (χ2v) is 4.76. The van der Waals surface area contributed by atoms with Crippen LogP contribution in [-0.2, 0) is 6.61 Å². The van der Waals surface area contributed by atoms with Crippen LogP contribution in [0.15, 0.2) is 65.2 Å². The molecule has 1 N–H and O–H groups in total. The molecule has 0 aliphatic rings. The lowest BCUT2D eigenvalue weighted by Gasteiger charge is -2.01. The van der Waals surface area contributed by atoms with E-state index in [1.54, 1.807) is 0 Å². The standard InChI is InChI=1S/C17H13FN2O3/c18-13-6-8-14(9-7-13)19-17(21)15-10-16(20-23-15)22-11-12-4-2-1-3-5-12/h1-10H,11H2,(H,19,21). The van der Waals surface area contributed by atoms with E-state index in [9.17, 15) is 9.18 Å². The number of hydrogen-bond donors (Lipinski definition) is 1.